The molecule has 3 N–H and O–H groups in total. The summed E-state index contributed by atoms with van der Waals surface area (Å²) in [6.45, 7) is 0. The van der Waals surface area contributed by atoms with E-state index in [1.54, 1.807) is 0 Å². The summed E-state index contributed by atoms with van der Waals surface area (Å²) in [5, 5.41) is 8.93. The number of halogens is 3. The summed E-state index contributed by atoms with van der Waals surface area (Å²) >= 11 is 0. The molecule has 2 aromatic rings. The average molecular weight is 281 g/mol. The highest BCUT2D eigenvalue weighted by Crippen LogP contribution is 2.37. The summed E-state index contributed by atoms with van der Waals surface area (Å²) in [6.07, 6.45) is -4.52. The van der Waals surface area contributed by atoms with Gasteiger partial charge in [0.1, 0.15) is 0 Å². The SMILES string of the molecule is Nc1cc(C(=O)O)cc(-c2ccccc2C(F)(F)F)c1. The van der Waals surface area contributed by atoms with Crippen molar-refractivity contribution in [2.24, 2.45) is 0 Å². The second-order valence-corrected chi connectivity index (χ2v) is 4.19. The van der Waals surface area contributed by atoms with E-state index in [2.05, 4.69) is 0 Å². The molecule has 0 aliphatic heterocycles. The monoisotopic (exact) mass is 281 g/mol. The van der Waals surface area contributed by atoms with Crippen molar-refractivity contribution in [1.82, 2.24) is 0 Å². The number of carboxylic acids is 1. The number of nitrogen functional groups attached to an aromatic ring is 1. The van der Waals surface area contributed by atoms with Crippen molar-refractivity contribution in [3.63, 3.8) is 0 Å². The minimum Gasteiger partial charge on any atom is -0.478 e. The summed E-state index contributed by atoms with van der Waals surface area (Å²) in [5.41, 5.74) is 4.67. The van der Waals surface area contributed by atoms with E-state index in [1.165, 1.54) is 36.4 Å². The molecule has 0 saturated carbocycles. The molecule has 0 atom stereocenters. The number of carbonyl (C=O) groups is 1. The first-order chi connectivity index (χ1) is 9.29. The minimum absolute atomic E-state index is 0.0943. The third-order valence-electron chi connectivity index (χ3n) is 2.75. The molecular weight excluding hydrogens is 271 g/mol. The largest absolute Gasteiger partial charge is 0.478 e. The van der Waals surface area contributed by atoms with Crippen LogP contribution in [0.25, 0.3) is 11.1 Å². The number of anilines is 1. The lowest BCUT2D eigenvalue weighted by atomic mass is 9.97. The summed E-state index contributed by atoms with van der Waals surface area (Å²) < 4.78 is 38.8. The van der Waals surface area contributed by atoms with Crippen molar-refractivity contribution >= 4 is 11.7 Å². The molecule has 0 amide bonds. The highest BCUT2D eigenvalue weighted by molar-refractivity contribution is 5.91. The lowest BCUT2D eigenvalue weighted by Gasteiger charge is -2.13. The van der Waals surface area contributed by atoms with Gasteiger partial charge in [-0.3, -0.25) is 0 Å². The van der Waals surface area contributed by atoms with Crippen molar-refractivity contribution < 1.29 is 23.1 Å². The molecule has 2 aromatic carbocycles. The molecule has 0 aliphatic rings. The van der Waals surface area contributed by atoms with Gasteiger partial charge in [-0.25, -0.2) is 4.79 Å². The maximum absolute atomic E-state index is 12.9. The van der Waals surface area contributed by atoms with E-state index in [-0.39, 0.29) is 22.4 Å². The lowest BCUT2D eigenvalue weighted by molar-refractivity contribution is -0.137. The Bertz CT molecular complexity index is 666. The Kier molecular flexibility index (Phi) is 3.40. The zero-order valence-electron chi connectivity index (χ0n) is 10.1. The molecule has 0 unspecified atom stereocenters. The van der Waals surface area contributed by atoms with Crippen LogP contribution >= 0.6 is 0 Å². The average Bonchev–Trinajstić information content (AvgIpc) is 2.37. The van der Waals surface area contributed by atoms with E-state index in [1.807, 2.05) is 0 Å². The number of hydrogen-bond donors (Lipinski definition) is 2. The molecule has 3 nitrogen and oxygen atoms in total. The van der Waals surface area contributed by atoms with Crippen LogP contribution in [0.1, 0.15) is 15.9 Å². The number of hydrogen-bond acceptors (Lipinski definition) is 2. The number of alkyl halides is 3. The standard InChI is InChI=1S/C14H10F3NO2/c15-14(16,17)12-4-2-1-3-11(12)8-5-9(13(19)20)7-10(18)6-8/h1-7H,18H2,(H,19,20). The Morgan fingerprint density at radius 2 is 1.75 bits per heavy atom. The van der Waals surface area contributed by atoms with E-state index in [9.17, 15) is 18.0 Å². The van der Waals surface area contributed by atoms with Crippen LogP contribution in [0.5, 0.6) is 0 Å². The summed E-state index contributed by atoms with van der Waals surface area (Å²) in [5.74, 6) is -1.25. The first-order valence-electron chi connectivity index (χ1n) is 5.59. The number of rotatable bonds is 2. The van der Waals surface area contributed by atoms with Crippen LogP contribution in [-0.2, 0) is 6.18 Å². The number of benzene rings is 2. The van der Waals surface area contributed by atoms with Gasteiger partial charge in [0.25, 0.3) is 0 Å². The van der Waals surface area contributed by atoms with Gasteiger partial charge in [0, 0.05) is 5.69 Å². The Labute approximate surface area is 112 Å². The normalized spacial score (nSPS) is 11.3. The number of nitrogens with two attached hydrogens (primary N) is 1. The van der Waals surface area contributed by atoms with E-state index >= 15 is 0 Å². The first kappa shape index (κ1) is 13.9. The molecular formula is C14H10F3NO2. The van der Waals surface area contributed by atoms with E-state index in [0.29, 0.717) is 0 Å². The van der Waals surface area contributed by atoms with Gasteiger partial charge in [0.15, 0.2) is 0 Å². The molecule has 0 radical (unpaired) electrons. The molecule has 0 bridgehead atoms. The smallest absolute Gasteiger partial charge is 0.417 e. The van der Waals surface area contributed by atoms with Crippen molar-refractivity contribution in [2.75, 3.05) is 5.73 Å². The molecule has 0 fully saturated rings. The second-order valence-electron chi connectivity index (χ2n) is 4.19. The molecule has 0 aromatic heterocycles. The van der Waals surface area contributed by atoms with Crippen LogP contribution < -0.4 is 5.73 Å². The molecule has 20 heavy (non-hydrogen) atoms. The molecule has 0 heterocycles. The molecule has 6 heteroatoms. The van der Waals surface area contributed by atoms with Crippen LogP contribution in [0.3, 0.4) is 0 Å². The van der Waals surface area contributed by atoms with Gasteiger partial charge in [0.2, 0.25) is 0 Å². The van der Waals surface area contributed by atoms with Gasteiger partial charge in [0.05, 0.1) is 11.1 Å². The van der Waals surface area contributed by atoms with Crippen LogP contribution in [-0.4, -0.2) is 11.1 Å². The predicted octanol–water partition coefficient (Wildman–Crippen LogP) is 3.65. The Hall–Kier alpha value is -2.50. The minimum atomic E-state index is -4.52. The highest BCUT2D eigenvalue weighted by Gasteiger charge is 2.33. The fraction of sp³-hybridized carbons (Fsp3) is 0.0714. The molecule has 104 valence electrons. The molecule has 0 spiro atoms. The summed E-state index contributed by atoms with van der Waals surface area (Å²) in [4.78, 5) is 10.9. The maximum atomic E-state index is 12.9. The van der Waals surface area contributed by atoms with Crippen LogP contribution in [0, 0.1) is 0 Å². The Balaban J connectivity index is 2.66. The van der Waals surface area contributed by atoms with Crippen LogP contribution in [0.2, 0.25) is 0 Å². The molecule has 2 rings (SSSR count). The van der Waals surface area contributed by atoms with Gasteiger partial charge >= 0.3 is 12.1 Å². The van der Waals surface area contributed by atoms with Gasteiger partial charge < -0.3 is 10.8 Å². The van der Waals surface area contributed by atoms with Gasteiger partial charge in [-0.15, -0.1) is 0 Å². The lowest BCUT2D eigenvalue weighted by Crippen LogP contribution is -2.07. The highest BCUT2D eigenvalue weighted by atomic mass is 19.4. The predicted molar refractivity (Wildman–Crippen MR) is 68.3 cm³/mol. The Morgan fingerprint density at radius 1 is 1.10 bits per heavy atom. The van der Waals surface area contributed by atoms with Crippen molar-refractivity contribution in [2.45, 2.75) is 6.18 Å². The fourth-order valence-corrected chi connectivity index (χ4v) is 1.91. The number of aromatic carboxylic acids is 1. The Morgan fingerprint density at radius 3 is 2.35 bits per heavy atom. The first-order valence-corrected chi connectivity index (χ1v) is 5.59. The zero-order valence-corrected chi connectivity index (χ0v) is 10.1. The number of carboxylic acid groups (broad SMARTS) is 1. The summed E-state index contributed by atoms with van der Waals surface area (Å²) in [6, 6.07) is 8.63. The van der Waals surface area contributed by atoms with Gasteiger partial charge in [-0.1, -0.05) is 18.2 Å². The van der Waals surface area contributed by atoms with Crippen molar-refractivity contribution in [3.05, 3.63) is 53.6 Å². The van der Waals surface area contributed by atoms with E-state index in [4.69, 9.17) is 10.8 Å². The zero-order chi connectivity index (χ0) is 14.9. The van der Waals surface area contributed by atoms with Gasteiger partial charge in [-0.05, 0) is 35.4 Å². The van der Waals surface area contributed by atoms with E-state index < -0.39 is 17.7 Å². The van der Waals surface area contributed by atoms with Crippen molar-refractivity contribution in [1.29, 1.82) is 0 Å². The quantitative estimate of drug-likeness (QED) is 0.826. The van der Waals surface area contributed by atoms with E-state index in [0.717, 1.165) is 6.07 Å². The van der Waals surface area contributed by atoms with Gasteiger partial charge in [-0.2, -0.15) is 13.2 Å². The molecule has 0 aliphatic carbocycles. The molecule has 0 saturated heterocycles. The van der Waals surface area contributed by atoms with Crippen LogP contribution in [0.4, 0.5) is 18.9 Å². The maximum Gasteiger partial charge on any atom is 0.417 e. The van der Waals surface area contributed by atoms with Crippen molar-refractivity contribution in [3.8, 4) is 11.1 Å². The second kappa shape index (κ2) is 4.88. The summed E-state index contributed by atoms with van der Waals surface area (Å²) in [7, 11) is 0. The van der Waals surface area contributed by atoms with Crippen LogP contribution in [0.15, 0.2) is 42.5 Å². The topological polar surface area (TPSA) is 63.3 Å². The third kappa shape index (κ3) is 2.74. The fourth-order valence-electron chi connectivity index (χ4n) is 1.91. The third-order valence-corrected chi connectivity index (χ3v) is 2.75.